The zero-order valence-electron chi connectivity index (χ0n) is 13.1. The van der Waals surface area contributed by atoms with E-state index in [1.54, 1.807) is 0 Å². The average molecular weight is 239 g/mol. The van der Waals surface area contributed by atoms with E-state index in [1.165, 1.54) is 32.1 Å². The Labute approximate surface area is 111 Å². The predicted octanol–water partition coefficient (Wildman–Crippen LogP) is 5.97. The van der Waals surface area contributed by atoms with Crippen molar-refractivity contribution in [1.82, 2.24) is 0 Å². The molecule has 0 aliphatic heterocycles. The first-order valence-corrected chi connectivity index (χ1v) is 7.82. The van der Waals surface area contributed by atoms with Crippen LogP contribution in [0.5, 0.6) is 0 Å². The second kappa shape index (κ2) is 9.00. The molecule has 1 radical (unpaired) electrons. The molecule has 0 aromatic rings. The molecule has 5 atom stereocenters. The Hall–Kier alpha value is 0. The molecule has 0 nitrogen and oxygen atoms in total. The third-order valence-corrected chi connectivity index (χ3v) is 5.12. The molecule has 17 heavy (non-hydrogen) atoms. The van der Waals surface area contributed by atoms with Crippen LogP contribution in [0.4, 0.5) is 0 Å². The first-order chi connectivity index (χ1) is 7.99. The van der Waals surface area contributed by atoms with Gasteiger partial charge in [-0.05, 0) is 36.5 Å². The van der Waals surface area contributed by atoms with Crippen LogP contribution in [-0.4, -0.2) is 0 Å². The van der Waals surface area contributed by atoms with E-state index in [2.05, 4.69) is 48.5 Å². The molecule has 0 aromatic carbocycles. The van der Waals surface area contributed by atoms with Crippen molar-refractivity contribution in [3.63, 3.8) is 0 Å². The van der Waals surface area contributed by atoms with Crippen molar-refractivity contribution in [2.45, 2.75) is 73.6 Å². The highest BCUT2D eigenvalue weighted by molar-refractivity contribution is 4.79. The van der Waals surface area contributed by atoms with Gasteiger partial charge in [0.05, 0.1) is 0 Å². The highest BCUT2D eigenvalue weighted by Gasteiger charge is 2.27. The average Bonchev–Trinajstić information content (AvgIpc) is 2.36. The van der Waals surface area contributed by atoms with Gasteiger partial charge in [-0.25, -0.2) is 0 Å². The van der Waals surface area contributed by atoms with E-state index in [1.807, 2.05) is 0 Å². The zero-order chi connectivity index (χ0) is 13.4. The number of rotatable bonds is 9. The lowest BCUT2D eigenvalue weighted by Gasteiger charge is -2.34. The van der Waals surface area contributed by atoms with Crippen LogP contribution < -0.4 is 0 Å². The Morgan fingerprint density at radius 3 is 1.82 bits per heavy atom. The van der Waals surface area contributed by atoms with Crippen molar-refractivity contribution in [1.29, 1.82) is 0 Å². The fourth-order valence-electron chi connectivity index (χ4n) is 3.01. The number of hydrogen-bond acceptors (Lipinski definition) is 0. The van der Waals surface area contributed by atoms with E-state index in [9.17, 15) is 0 Å². The highest BCUT2D eigenvalue weighted by Crippen LogP contribution is 2.35. The number of hydrogen-bond donors (Lipinski definition) is 0. The maximum Gasteiger partial charge on any atom is -0.0386 e. The van der Waals surface area contributed by atoms with E-state index < -0.39 is 0 Å². The van der Waals surface area contributed by atoms with Gasteiger partial charge in [0.2, 0.25) is 0 Å². The van der Waals surface area contributed by atoms with E-state index in [0.717, 1.165) is 23.7 Å². The van der Waals surface area contributed by atoms with Gasteiger partial charge >= 0.3 is 0 Å². The van der Waals surface area contributed by atoms with Crippen LogP contribution in [0.15, 0.2) is 0 Å². The summed E-state index contributed by atoms with van der Waals surface area (Å²) in [6.07, 6.45) is 6.70. The molecule has 0 saturated heterocycles. The first kappa shape index (κ1) is 17.0. The molecule has 0 amide bonds. The Morgan fingerprint density at radius 1 is 0.824 bits per heavy atom. The highest BCUT2D eigenvalue weighted by atomic mass is 14.3. The van der Waals surface area contributed by atoms with Gasteiger partial charge in [0.15, 0.2) is 0 Å². The summed E-state index contributed by atoms with van der Waals surface area (Å²) in [5.41, 5.74) is 0. The maximum absolute atomic E-state index is 4.31. The van der Waals surface area contributed by atoms with E-state index in [-0.39, 0.29) is 0 Å². The van der Waals surface area contributed by atoms with E-state index >= 15 is 0 Å². The van der Waals surface area contributed by atoms with Crippen LogP contribution in [-0.2, 0) is 0 Å². The molecular weight excluding hydrogens is 204 g/mol. The molecule has 0 saturated carbocycles. The molecule has 0 aliphatic rings. The SMILES string of the molecule is [CH2]C(CC)C(C)C(C)C(C)C(CC)CCCC. The molecule has 0 N–H and O–H groups in total. The van der Waals surface area contributed by atoms with E-state index in [0.29, 0.717) is 5.92 Å². The summed E-state index contributed by atoms with van der Waals surface area (Å²) in [7, 11) is 0. The first-order valence-electron chi connectivity index (χ1n) is 7.82. The summed E-state index contributed by atoms with van der Waals surface area (Å²) in [4.78, 5) is 0. The standard InChI is InChI=1S/C17H35/c1-8-11-12-17(10-3)16(7)15(6)14(5)13(4)9-2/h13-17H,4,8-12H2,1-3,5-7H3. The lowest BCUT2D eigenvalue weighted by molar-refractivity contribution is 0.158. The van der Waals surface area contributed by atoms with Gasteiger partial charge in [0, 0.05) is 0 Å². The van der Waals surface area contributed by atoms with Crippen LogP contribution in [0.1, 0.15) is 73.6 Å². The molecule has 0 spiro atoms. The Bertz CT molecular complexity index is 173. The second-order valence-corrected chi connectivity index (χ2v) is 6.06. The maximum atomic E-state index is 4.31. The van der Waals surface area contributed by atoms with Gasteiger partial charge in [0.25, 0.3) is 0 Å². The van der Waals surface area contributed by atoms with Crippen molar-refractivity contribution < 1.29 is 0 Å². The van der Waals surface area contributed by atoms with Gasteiger partial charge in [0.1, 0.15) is 0 Å². The second-order valence-electron chi connectivity index (χ2n) is 6.06. The van der Waals surface area contributed by atoms with Crippen LogP contribution in [0.3, 0.4) is 0 Å². The minimum absolute atomic E-state index is 0.621. The Kier molecular flexibility index (Phi) is 9.00. The molecule has 0 bridgehead atoms. The molecule has 0 fully saturated rings. The summed E-state index contributed by atoms with van der Waals surface area (Å²) in [6, 6.07) is 0. The van der Waals surface area contributed by atoms with Crippen molar-refractivity contribution >= 4 is 0 Å². The van der Waals surface area contributed by atoms with Crippen LogP contribution in [0.25, 0.3) is 0 Å². The lowest BCUT2D eigenvalue weighted by atomic mass is 9.71. The largest absolute Gasteiger partial charge is 0.0654 e. The van der Waals surface area contributed by atoms with Crippen LogP contribution in [0, 0.1) is 36.5 Å². The topological polar surface area (TPSA) is 0 Å². The third kappa shape index (κ3) is 5.44. The van der Waals surface area contributed by atoms with Gasteiger partial charge in [-0.3, -0.25) is 0 Å². The van der Waals surface area contributed by atoms with Crippen molar-refractivity contribution in [2.75, 3.05) is 0 Å². The molecule has 0 aliphatic carbocycles. The Morgan fingerprint density at radius 2 is 1.41 bits per heavy atom. The molecule has 103 valence electrons. The molecular formula is C17H35. The third-order valence-electron chi connectivity index (χ3n) is 5.12. The van der Waals surface area contributed by atoms with Gasteiger partial charge in [-0.2, -0.15) is 0 Å². The van der Waals surface area contributed by atoms with Crippen LogP contribution >= 0.6 is 0 Å². The fraction of sp³-hybridized carbons (Fsp3) is 0.941. The number of unbranched alkanes of at least 4 members (excludes halogenated alkanes) is 1. The molecule has 0 aromatic heterocycles. The Balaban J connectivity index is 4.37. The minimum Gasteiger partial charge on any atom is -0.0654 e. The van der Waals surface area contributed by atoms with E-state index in [4.69, 9.17) is 0 Å². The summed E-state index contributed by atoms with van der Waals surface area (Å²) in [5.74, 6) is 3.94. The lowest BCUT2D eigenvalue weighted by Crippen LogP contribution is -2.27. The van der Waals surface area contributed by atoms with Crippen molar-refractivity contribution in [3.05, 3.63) is 6.92 Å². The normalized spacial score (nSPS) is 20.6. The monoisotopic (exact) mass is 239 g/mol. The molecule has 5 unspecified atom stereocenters. The van der Waals surface area contributed by atoms with Crippen molar-refractivity contribution in [2.24, 2.45) is 29.6 Å². The summed E-state index contributed by atoms with van der Waals surface area (Å²) >= 11 is 0. The van der Waals surface area contributed by atoms with Gasteiger partial charge in [-0.1, -0.05) is 73.6 Å². The summed E-state index contributed by atoms with van der Waals surface area (Å²) in [5, 5.41) is 0. The smallest absolute Gasteiger partial charge is 0.0386 e. The molecule has 0 heteroatoms. The summed E-state index contributed by atoms with van der Waals surface area (Å²) in [6.45, 7) is 18.5. The minimum atomic E-state index is 0.621. The van der Waals surface area contributed by atoms with Gasteiger partial charge in [-0.15, -0.1) is 0 Å². The van der Waals surface area contributed by atoms with Crippen molar-refractivity contribution in [3.8, 4) is 0 Å². The molecule has 0 heterocycles. The molecule has 0 rings (SSSR count). The fourth-order valence-corrected chi connectivity index (χ4v) is 3.01. The van der Waals surface area contributed by atoms with Crippen LogP contribution in [0.2, 0.25) is 0 Å². The van der Waals surface area contributed by atoms with Gasteiger partial charge < -0.3 is 0 Å². The zero-order valence-corrected chi connectivity index (χ0v) is 13.1. The summed E-state index contributed by atoms with van der Waals surface area (Å²) < 4.78 is 0. The predicted molar refractivity (Wildman–Crippen MR) is 79.9 cm³/mol. The quantitative estimate of drug-likeness (QED) is 0.465.